The number of carbonyl (C=O) groups excluding carboxylic acids is 1. The van der Waals surface area contributed by atoms with Crippen molar-refractivity contribution in [2.45, 2.75) is 137 Å². The fourth-order valence-corrected chi connectivity index (χ4v) is 9.26. The Bertz CT molecular complexity index is 1470. The molecule has 0 bridgehead atoms. The van der Waals surface area contributed by atoms with Crippen LogP contribution in [0.4, 0.5) is 0 Å². The van der Waals surface area contributed by atoms with E-state index in [9.17, 15) is 17.8 Å². The van der Waals surface area contributed by atoms with E-state index in [2.05, 4.69) is 0 Å². The number of methoxy groups -OCH3 is 11. The molecule has 4 heterocycles. The zero-order valence-electron chi connectivity index (χ0n) is 38.5. The molecule has 20 atom stereocenters. The van der Waals surface area contributed by atoms with E-state index in [1.165, 1.54) is 97.1 Å². The van der Waals surface area contributed by atoms with Gasteiger partial charge in [0.05, 0.1) is 25.9 Å². The van der Waals surface area contributed by atoms with Gasteiger partial charge in [0.15, 0.2) is 25.2 Å². The van der Waals surface area contributed by atoms with Crippen molar-refractivity contribution < 1.29 is 107 Å². The molecule has 0 unspecified atom stereocenters. The van der Waals surface area contributed by atoms with Gasteiger partial charge in [-0.05, 0) is 6.92 Å². The number of hydrogen-bond acceptors (Lipinski definition) is 22. The van der Waals surface area contributed by atoms with Gasteiger partial charge < -0.3 is 90.2 Å². The van der Waals surface area contributed by atoms with Crippen molar-refractivity contribution in [3.63, 3.8) is 0 Å². The van der Waals surface area contributed by atoms with Gasteiger partial charge in [0, 0.05) is 92.2 Å². The first kappa shape index (κ1) is 54.2. The predicted octanol–water partition coefficient (Wildman–Crippen LogP) is -1.21. The molecule has 0 aromatic carbocycles. The van der Waals surface area contributed by atoms with Gasteiger partial charge in [-0.15, -0.1) is 0 Å². The molecule has 0 aromatic rings. The fourth-order valence-electron chi connectivity index (χ4n) is 8.76. The Kier molecular flexibility index (Phi) is 21.6. The van der Waals surface area contributed by atoms with E-state index >= 15 is 0 Å². The zero-order chi connectivity index (χ0) is 46.8. The van der Waals surface area contributed by atoms with Crippen molar-refractivity contribution in [2.75, 3.05) is 105 Å². The first-order valence-electron chi connectivity index (χ1n) is 20.2. The lowest BCUT2D eigenvalue weighted by Gasteiger charge is -2.53. The third kappa shape index (κ3) is 12.6. The highest BCUT2D eigenvalue weighted by atomic mass is 32.3. The lowest BCUT2D eigenvalue weighted by molar-refractivity contribution is -0.393. The highest BCUT2D eigenvalue weighted by Crippen LogP contribution is 2.39. The summed E-state index contributed by atoms with van der Waals surface area (Å²) < 4.78 is 150. The number of nitrogens with zero attached hydrogens (tertiary/aromatic N) is 1. The molecule has 4 aliphatic rings. The second kappa shape index (κ2) is 25.1. The molecule has 63 heavy (non-hydrogen) atoms. The number of likely N-dealkylation sites (N-methyl/N-ethyl adjacent to an activating group) is 1. The van der Waals surface area contributed by atoms with E-state index in [1.54, 1.807) is 6.92 Å². The standard InChI is InChI=1S/C38H69NO23S/c1-18-24(47-7)30(33(53-13)36(54-14)55-18)60-35-23(39(3)19(2)40)28(50-10)27(22(56-35)17-46-6)59-38-34(31(62-63(41,42)43)26(49-9)21(58-38)16-45-5)61-37-32(52-12)29(51-11)25(48-8)20(57-37)15-44-4/h18,20-38H,15-17H2,1-14H3,(H,41,42,43)/t18-,20+,21+,22+,23+,24+,25-,26-,27+,28+,29-,30+,31-,32+,33-,34+,35-,36+,37+,38-/m0/s1. The zero-order valence-corrected chi connectivity index (χ0v) is 39.3. The molecule has 0 radical (unpaired) electrons. The second-order valence-corrected chi connectivity index (χ2v) is 16.3. The molecule has 4 aliphatic heterocycles. The fraction of sp³-hybridized carbons (Fsp3) is 0.974. The maximum atomic E-state index is 13.3. The van der Waals surface area contributed by atoms with Crippen LogP contribution in [0.2, 0.25) is 0 Å². The number of carbonyl (C=O) groups is 1. The molecule has 0 aliphatic carbocycles. The predicted molar refractivity (Wildman–Crippen MR) is 212 cm³/mol. The Morgan fingerprint density at radius 1 is 0.492 bits per heavy atom. The molecule has 0 spiro atoms. The Hall–Kier alpha value is -1.38. The second-order valence-electron chi connectivity index (χ2n) is 15.3. The van der Waals surface area contributed by atoms with Crippen LogP contribution in [0.1, 0.15) is 13.8 Å². The average Bonchev–Trinajstić information content (AvgIpc) is 3.24. The highest BCUT2D eigenvalue weighted by molar-refractivity contribution is 7.80. The number of hydrogen-bond donors (Lipinski definition) is 1. The summed E-state index contributed by atoms with van der Waals surface area (Å²) >= 11 is 0. The Labute approximate surface area is 369 Å². The minimum Gasteiger partial charge on any atom is -0.382 e. The summed E-state index contributed by atoms with van der Waals surface area (Å²) in [5.41, 5.74) is 0. The van der Waals surface area contributed by atoms with Gasteiger partial charge in [0.2, 0.25) is 5.91 Å². The molecular formula is C38H69NO23S. The molecule has 4 fully saturated rings. The monoisotopic (exact) mass is 939 g/mol. The van der Waals surface area contributed by atoms with Crippen LogP contribution >= 0.6 is 0 Å². The van der Waals surface area contributed by atoms with Crippen molar-refractivity contribution in [3.05, 3.63) is 0 Å². The van der Waals surface area contributed by atoms with Crippen molar-refractivity contribution >= 4 is 16.3 Å². The highest BCUT2D eigenvalue weighted by Gasteiger charge is 2.59. The van der Waals surface area contributed by atoms with Gasteiger partial charge in [0.1, 0.15) is 91.5 Å². The maximum absolute atomic E-state index is 13.3. The summed E-state index contributed by atoms with van der Waals surface area (Å²) in [5.74, 6) is -0.391. The van der Waals surface area contributed by atoms with Crippen LogP contribution in [-0.4, -0.2) is 252 Å². The van der Waals surface area contributed by atoms with E-state index in [-0.39, 0.29) is 19.8 Å². The van der Waals surface area contributed by atoms with Crippen LogP contribution in [0.15, 0.2) is 0 Å². The normalized spacial score (nSPS) is 41.4. The van der Waals surface area contributed by atoms with Crippen LogP contribution in [0.5, 0.6) is 0 Å². The van der Waals surface area contributed by atoms with Crippen molar-refractivity contribution in [2.24, 2.45) is 0 Å². The number of amides is 1. The largest absolute Gasteiger partial charge is 0.397 e. The minimum atomic E-state index is -5.23. The molecule has 25 heteroatoms. The summed E-state index contributed by atoms with van der Waals surface area (Å²) in [6, 6.07) is -1.06. The molecule has 0 saturated carbocycles. The average molecular weight is 940 g/mol. The van der Waals surface area contributed by atoms with Gasteiger partial charge in [-0.2, -0.15) is 8.42 Å². The van der Waals surface area contributed by atoms with Crippen LogP contribution in [0.25, 0.3) is 0 Å². The Balaban J connectivity index is 1.85. The van der Waals surface area contributed by atoms with E-state index in [0.717, 1.165) is 0 Å². The summed E-state index contributed by atoms with van der Waals surface area (Å²) in [6.45, 7) is 2.86. The molecular weight excluding hydrogens is 870 g/mol. The molecule has 1 amide bonds. The van der Waals surface area contributed by atoms with E-state index in [0.29, 0.717) is 0 Å². The number of rotatable bonds is 23. The summed E-state index contributed by atoms with van der Waals surface area (Å²) in [7, 11) is 12.1. The third-order valence-corrected chi connectivity index (χ3v) is 12.2. The summed E-state index contributed by atoms with van der Waals surface area (Å²) in [6.07, 6.45) is -20.5. The summed E-state index contributed by atoms with van der Waals surface area (Å²) in [4.78, 5) is 14.7. The molecule has 4 rings (SSSR count). The maximum Gasteiger partial charge on any atom is 0.397 e. The topological polar surface area (TPSA) is 250 Å². The molecule has 0 aromatic heterocycles. The molecule has 1 N–H and O–H groups in total. The smallest absolute Gasteiger partial charge is 0.382 e. The van der Waals surface area contributed by atoms with Crippen LogP contribution < -0.4 is 0 Å². The van der Waals surface area contributed by atoms with E-state index < -0.39 is 139 Å². The van der Waals surface area contributed by atoms with Crippen molar-refractivity contribution in [1.29, 1.82) is 0 Å². The molecule has 24 nitrogen and oxygen atoms in total. The Morgan fingerprint density at radius 2 is 0.905 bits per heavy atom. The van der Waals surface area contributed by atoms with Gasteiger partial charge in [-0.1, -0.05) is 0 Å². The van der Waals surface area contributed by atoms with Crippen LogP contribution in [0.3, 0.4) is 0 Å². The first-order valence-corrected chi connectivity index (χ1v) is 21.6. The van der Waals surface area contributed by atoms with E-state index in [4.69, 9.17) is 89.4 Å². The van der Waals surface area contributed by atoms with Gasteiger partial charge >= 0.3 is 10.4 Å². The third-order valence-electron chi connectivity index (χ3n) is 11.7. The minimum absolute atomic E-state index is 0.0222. The van der Waals surface area contributed by atoms with Gasteiger partial charge in [-0.3, -0.25) is 9.35 Å². The van der Waals surface area contributed by atoms with Crippen molar-refractivity contribution in [1.82, 2.24) is 4.90 Å². The number of ether oxygens (including phenoxy) is 18. The lowest BCUT2D eigenvalue weighted by atomic mass is 9.93. The summed E-state index contributed by atoms with van der Waals surface area (Å²) in [5, 5.41) is 0. The van der Waals surface area contributed by atoms with Crippen LogP contribution in [0, 0.1) is 0 Å². The quantitative estimate of drug-likeness (QED) is 0.118. The van der Waals surface area contributed by atoms with Crippen molar-refractivity contribution in [3.8, 4) is 0 Å². The first-order chi connectivity index (χ1) is 30.1. The Morgan fingerprint density at radius 3 is 1.35 bits per heavy atom. The van der Waals surface area contributed by atoms with E-state index in [1.807, 2.05) is 0 Å². The van der Waals surface area contributed by atoms with Gasteiger partial charge in [-0.25, -0.2) is 4.18 Å². The lowest BCUT2D eigenvalue weighted by Crippen LogP contribution is -2.70. The molecule has 4 saturated heterocycles. The molecule has 370 valence electrons. The SMILES string of the molecule is COC[C@H]1O[C@H](O[C@H]2[C@H](O[C@H]3[C@H](OC)[C@@H](N(C)C(C)=O)[C@H](O[C@H]4[C@H](OC)[C@H](OC)O[C@@H](C)[C@H]4OC)O[C@@H]3COC)O[C@H](COC)[C@H](OC)[C@@H]2OS(=O)(=O)O)[C@H](OC)[C@@H](OC)[C@H]1OC. The van der Waals surface area contributed by atoms with Gasteiger partial charge in [0.25, 0.3) is 0 Å². The van der Waals surface area contributed by atoms with Crippen LogP contribution in [-0.2, 0) is 105 Å².